The van der Waals surface area contributed by atoms with Crippen LogP contribution in [0.5, 0.6) is 0 Å². The van der Waals surface area contributed by atoms with Gasteiger partial charge in [-0.3, -0.25) is 0 Å². The van der Waals surface area contributed by atoms with Crippen LogP contribution in [-0.2, 0) is 14.4 Å². The fraction of sp³-hybridized carbons (Fsp3) is 0.375. The second kappa shape index (κ2) is 8.67. The van der Waals surface area contributed by atoms with E-state index < -0.39 is 5.97 Å². The summed E-state index contributed by atoms with van der Waals surface area (Å²) in [7, 11) is 1.31. The van der Waals surface area contributed by atoms with Crippen molar-refractivity contribution in [3.05, 3.63) is 35.9 Å². The van der Waals surface area contributed by atoms with Crippen LogP contribution in [0, 0.1) is 17.3 Å². The maximum absolute atomic E-state index is 11.0. The standard InChI is InChI=1S/C16H18INO3/c1-16(2,12-17)14(18-21-11-15(19)20-3)10-9-13-7-5-4-6-8-13/h4-8H,11-12H2,1-3H3. The SMILES string of the molecule is COC(=O)CON=C(C#Cc1ccccc1)C(C)(C)CI. The summed E-state index contributed by atoms with van der Waals surface area (Å²) < 4.78 is 5.33. The van der Waals surface area contributed by atoms with E-state index in [0.29, 0.717) is 5.71 Å². The number of hydrogen-bond donors (Lipinski definition) is 0. The maximum atomic E-state index is 11.0. The Morgan fingerprint density at radius 3 is 2.57 bits per heavy atom. The molecular weight excluding hydrogens is 381 g/mol. The highest BCUT2D eigenvalue weighted by atomic mass is 127. The number of oxime groups is 1. The van der Waals surface area contributed by atoms with Gasteiger partial charge in [0, 0.05) is 15.4 Å². The molecule has 1 aromatic carbocycles. The topological polar surface area (TPSA) is 47.9 Å². The van der Waals surface area contributed by atoms with Crippen molar-refractivity contribution in [2.45, 2.75) is 13.8 Å². The van der Waals surface area contributed by atoms with Crippen molar-refractivity contribution < 1.29 is 14.4 Å². The first-order chi connectivity index (χ1) is 9.99. The van der Waals surface area contributed by atoms with Crippen LogP contribution < -0.4 is 0 Å². The Hall–Kier alpha value is -1.55. The zero-order valence-corrected chi connectivity index (χ0v) is 14.5. The van der Waals surface area contributed by atoms with Gasteiger partial charge in [0.2, 0.25) is 6.61 Å². The fourth-order valence-corrected chi connectivity index (χ4v) is 1.60. The van der Waals surface area contributed by atoms with Gasteiger partial charge >= 0.3 is 5.97 Å². The molecule has 0 amide bonds. The van der Waals surface area contributed by atoms with E-state index in [-0.39, 0.29) is 12.0 Å². The Morgan fingerprint density at radius 2 is 2.00 bits per heavy atom. The lowest BCUT2D eigenvalue weighted by molar-refractivity contribution is -0.145. The number of halogens is 1. The third-order valence-electron chi connectivity index (χ3n) is 2.64. The molecule has 0 heterocycles. The van der Waals surface area contributed by atoms with E-state index in [4.69, 9.17) is 4.84 Å². The zero-order valence-electron chi connectivity index (χ0n) is 12.4. The number of ether oxygens (including phenoxy) is 1. The van der Waals surface area contributed by atoms with Gasteiger partial charge in [0.25, 0.3) is 0 Å². The first kappa shape index (κ1) is 17.5. The molecule has 1 aromatic rings. The largest absolute Gasteiger partial charge is 0.466 e. The summed E-state index contributed by atoms with van der Waals surface area (Å²) in [5.41, 5.74) is 1.27. The molecule has 0 N–H and O–H groups in total. The lowest BCUT2D eigenvalue weighted by atomic mass is 9.90. The maximum Gasteiger partial charge on any atom is 0.346 e. The summed E-state index contributed by atoms with van der Waals surface area (Å²) in [4.78, 5) is 16.1. The van der Waals surface area contributed by atoms with Gasteiger partial charge in [-0.25, -0.2) is 4.79 Å². The molecule has 0 spiro atoms. The minimum atomic E-state index is -0.471. The highest BCUT2D eigenvalue weighted by Crippen LogP contribution is 2.21. The number of carbonyl (C=O) groups is 1. The Bertz CT molecular complexity index is 556. The highest BCUT2D eigenvalue weighted by molar-refractivity contribution is 14.1. The highest BCUT2D eigenvalue weighted by Gasteiger charge is 2.23. The predicted octanol–water partition coefficient (Wildman–Crippen LogP) is 3.04. The van der Waals surface area contributed by atoms with Crippen molar-refractivity contribution in [1.29, 1.82) is 0 Å². The summed E-state index contributed by atoms with van der Waals surface area (Å²) in [5, 5.41) is 4.01. The van der Waals surface area contributed by atoms with E-state index in [2.05, 4.69) is 44.3 Å². The molecule has 0 atom stereocenters. The average Bonchev–Trinajstić information content (AvgIpc) is 2.51. The zero-order chi connectivity index (χ0) is 15.7. The van der Waals surface area contributed by atoms with Gasteiger partial charge in [-0.1, -0.05) is 65.7 Å². The summed E-state index contributed by atoms with van der Waals surface area (Å²) in [6, 6.07) is 9.65. The van der Waals surface area contributed by atoms with Crippen molar-refractivity contribution in [3.63, 3.8) is 0 Å². The Labute approximate surface area is 139 Å². The van der Waals surface area contributed by atoms with Crippen LogP contribution in [0.4, 0.5) is 0 Å². The van der Waals surface area contributed by atoms with Crippen LogP contribution in [-0.4, -0.2) is 29.8 Å². The first-order valence-corrected chi connectivity index (χ1v) is 7.92. The molecule has 0 aliphatic carbocycles. The molecule has 0 fully saturated rings. The second-order valence-electron chi connectivity index (χ2n) is 4.92. The number of alkyl halides is 1. The third-order valence-corrected chi connectivity index (χ3v) is 4.55. The summed E-state index contributed by atoms with van der Waals surface area (Å²) >= 11 is 2.28. The van der Waals surface area contributed by atoms with Gasteiger partial charge in [0.1, 0.15) is 5.71 Å². The van der Waals surface area contributed by atoms with E-state index in [0.717, 1.165) is 9.99 Å². The quantitative estimate of drug-likeness (QED) is 0.191. The summed E-state index contributed by atoms with van der Waals surface area (Å²) in [6.45, 7) is 3.84. The molecule has 0 radical (unpaired) electrons. The van der Waals surface area contributed by atoms with Gasteiger partial charge in [-0.05, 0) is 18.1 Å². The van der Waals surface area contributed by atoms with Gasteiger partial charge in [0.05, 0.1) is 7.11 Å². The Morgan fingerprint density at radius 1 is 1.33 bits per heavy atom. The Balaban J connectivity index is 2.91. The number of nitrogens with zero attached hydrogens (tertiary/aromatic N) is 1. The molecule has 112 valence electrons. The van der Waals surface area contributed by atoms with Gasteiger partial charge in [-0.15, -0.1) is 0 Å². The second-order valence-corrected chi connectivity index (χ2v) is 5.69. The van der Waals surface area contributed by atoms with Crippen molar-refractivity contribution in [2.24, 2.45) is 10.6 Å². The van der Waals surface area contributed by atoms with Crippen molar-refractivity contribution in [1.82, 2.24) is 0 Å². The number of carbonyl (C=O) groups excluding carboxylic acids is 1. The molecule has 0 bridgehead atoms. The molecule has 5 heteroatoms. The summed E-state index contributed by atoms with van der Waals surface area (Å²) in [6.07, 6.45) is 0. The molecular formula is C16H18INO3. The van der Waals surface area contributed by atoms with Gasteiger partial charge in [-0.2, -0.15) is 0 Å². The van der Waals surface area contributed by atoms with Crippen LogP contribution in [0.15, 0.2) is 35.5 Å². The number of esters is 1. The predicted molar refractivity (Wildman–Crippen MR) is 91.4 cm³/mol. The van der Waals surface area contributed by atoms with E-state index in [1.54, 1.807) is 0 Å². The minimum Gasteiger partial charge on any atom is -0.466 e. The minimum absolute atomic E-state index is 0.218. The van der Waals surface area contributed by atoms with Crippen molar-refractivity contribution in [2.75, 3.05) is 18.1 Å². The molecule has 0 unspecified atom stereocenters. The normalized spacial score (nSPS) is 11.3. The van der Waals surface area contributed by atoms with E-state index in [9.17, 15) is 4.79 Å². The van der Waals surface area contributed by atoms with Crippen molar-refractivity contribution >= 4 is 34.3 Å². The monoisotopic (exact) mass is 399 g/mol. The lowest BCUT2D eigenvalue weighted by Crippen LogP contribution is -2.25. The number of rotatable bonds is 5. The number of hydrogen-bond acceptors (Lipinski definition) is 4. The van der Waals surface area contributed by atoms with E-state index in [1.165, 1.54) is 7.11 Å². The molecule has 0 aliphatic rings. The van der Waals surface area contributed by atoms with E-state index >= 15 is 0 Å². The van der Waals surface area contributed by atoms with Gasteiger partial charge in [0.15, 0.2) is 0 Å². The molecule has 0 saturated carbocycles. The molecule has 4 nitrogen and oxygen atoms in total. The molecule has 0 aliphatic heterocycles. The average molecular weight is 399 g/mol. The first-order valence-electron chi connectivity index (χ1n) is 6.40. The molecule has 0 aromatic heterocycles. The van der Waals surface area contributed by atoms with Crippen LogP contribution in [0.1, 0.15) is 19.4 Å². The smallest absolute Gasteiger partial charge is 0.346 e. The number of benzene rings is 1. The number of methoxy groups -OCH3 is 1. The fourth-order valence-electron chi connectivity index (χ4n) is 1.24. The van der Waals surface area contributed by atoms with Crippen LogP contribution in [0.25, 0.3) is 0 Å². The lowest BCUT2D eigenvalue weighted by Gasteiger charge is -2.19. The van der Waals surface area contributed by atoms with Crippen molar-refractivity contribution in [3.8, 4) is 11.8 Å². The Kier molecular flexibility index (Phi) is 7.23. The van der Waals surface area contributed by atoms with Crippen LogP contribution >= 0.6 is 22.6 Å². The van der Waals surface area contributed by atoms with E-state index in [1.807, 2.05) is 44.2 Å². The molecule has 1 rings (SSSR count). The third kappa shape index (κ3) is 6.17. The van der Waals surface area contributed by atoms with Crippen LogP contribution in [0.2, 0.25) is 0 Å². The molecule has 21 heavy (non-hydrogen) atoms. The molecule has 0 saturated heterocycles. The summed E-state index contributed by atoms with van der Waals surface area (Å²) in [5.74, 6) is 5.62. The van der Waals surface area contributed by atoms with Gasteiger partial charge < -0.3 is 9.57 Å². The van der Waals surface area contributed by atoms with Crippen LogP contribution in [0.3, 0.4) is 0 Å².